The van der Waals surface area contributed by atoms with Gasteiger partial charge in [-0.3, -0.25) is 4.79 Å². The molecule has 2 saturated carbocycles. The first-order valence-corrected chi connectivity index (χ1v) is 11.1. The highest BCUT2D eigenvalue weighted by atomic mass is 16.4. The number of benzene rings is 2. The van der Waals surface area contributed by atoms with Gasteiger partial charge in [-0.1, -0.05) is 25.0 Å². The Morgan fingerprint density at radius 3 is 2.59 bits per heavy atom. The molecule has 0 bridgehead atoms. The third kappa shape index (κ3) is 3.90. The molecule has 0 radical (unpaired) electrons. The number of anilines is 1. The number of amides is 1. The van der Waals surface area contributed by atoms with Crippen LogP contribution in [0.15, 0.2) is 42.6 Å². The van der Waals surface area contributed by atoms with Crippen LogP contribution in [0.1, 0.15) is 54.4 Å². The van der Waals surface area contributed by atoms with E-state index in [1.807, 2.05) is 43.3 Å². The van der Waals surface area contributed by atoms with E-state index < -0.39 is 11.5 Å². The summed E-state index contributed by atoms with van der Waals surface area (Å²) >= 11 is 0. The third-order valence-electron chi connectivity index (χ3n) is 6.52. The molecule has 3 aromatic rings. The molecule has 2 aromatic carbocycles. The fourth-order valence-corrected chi connectivity index (χ4v) is 4.42. The van der Waals surface area contributed by atoms with Crippen LogP contribution in [0, 0.1) is 6.92 Å². The minimum atomic E-state index is -0.980. The number of hydrogen-bond acceptors (Lipinski definition) is 5. The number of aliphatic carboxylic acids is 1. The van der Waals surface area contributed by atoms with Crippen molar-refractivity contribution in [3.8, 4) is 11.1 Å². The smallest absolute Gasteiger partial charge is 0.329 e. The van der Waals surface area contributed by atoms with E-state index in [0.717, 1.165) is 53.3 Å². The lowest BCUT2D eigenvalue weighted by atomic mass is 9.97. The second-order valence-electron chi connectivity index (χ2n) is 8.96. The highest BCUT2D eigenvalue weighted by molar-refractivity contribution is 5.96. The van der Waals surface area contributed by atoms with Crippen LogP contribution < -0.4 is 10.6 Å². The van der Waals surface area contributed by atoms with Gasteiger partial charge >= 0.3 is 5.97 Å². The first-order valence-electron chi connectivity index (χ1n) is 11.1. The van der Waals surface area contributed by atoms with Crippen molar-refractivity contribution in [2.45, 2.75) is 57.0 Å². The molecule has 7 heteroatoms. The number of nitrogens with zero attached hydrogens (tertiary/aromatic N) is 2. The zero-order valence-electron chi connectivity index (χ0n) is 18.0. The Labute approximate surface area is 186 Å². The molecule has 2 aliphatic rings. The molecular formula is C25H26N4O3. The lowest BCUT2D eigenvalue weighted by molar-refractivity contribution is -0.142. The largest absolute Gasteiger partial charge is 0.480 e. The highest BCUT2D eigenvalue weighted by Crippen LogP contribution is 2.33. The number of hydrogen-bond donors (Lipinski definition) is 3. The standard InChI is InChI=1S/C25H26N4O3/c1-15-4-5-17(22(30)27-19-7-8-19)13-20(15)16-6-9-21-18(12-16)14-26-24(28-21)29-25(23(31)32)10-2-3-11-25/h4-6,9,12-14,19H,2-3,7-8,10-11H2,1H3,(H,27,30)(H,31,32)(H,26,28,29). The van der Waals surface area contributed by atoms with E-state index in [-0.39, 0.29) is 5.91 Å². The number of carbonyl (C=O) groups excluding carboxylic acids is 1. The number of carboxylic acid groups (broad SMARTS) is 1. The summed E-state index contributed by atoms with van der Waals surface area (Å²) in [6.45, 7) is 2.03. The Morgan fingerprint density at radius 1 is 1.09 bits per heavy atom. The van der Waals surface area contributed by atoms with Gasteiger partial charge in [-0.05, 0) is 73.6 Å². The molecule has 3 N–H and O–H groups in total. The van der Waals surface area contributed by atoms with Crippen LogP contribution in [0.5, 0.6) is 0 Å². The molecule has 0 saturated heterocycles. The normalized spacial score (nSPS) is 17.3. The van der Waals surface area contributed by atoms with E-state index >= 15 is 0 Å². The van der Waals surface area contributed by atoms with Gasteiger partial charge in [0.25, 0.3) is 5.91 Å². The minimum absolute atomic E-state index is 0.0344. The molecule has 2 fully saturated rings. The Morgan fingerprint density at radius 2 is 1.88 bits per heavy atom. The molecule has 1 heterocycles. The van der Waals surface area contributed by atoms with Crippen LogP contribution in [0.3, 0.4) is 0 Å². The first kappa shape index (κ1) is 20.4. The van der Waals surface area contributed by atoms with Crippen molar-refractivity contribution in [3.05, 3.63) is 53.7 Å². The van der Waals surface area contributed by atoms with Crippen LogP contribution in [0.25, 0.3) is 22.0 Å². The Kier molecular flexibility index (Phi) is 5.04. The SMILES string of the molecule is Cc1ccc(C(=O)NC2CC2)cc1-c1ccc2nc(NC3(C(=O)O)CCCC3)ncc2c1. The second-order valence-corrected chi connectivity index (χ2v) is 8.96. The monoisotopic (exact) mass is 430 g/mol. The summed E-state index contributed by atoms with van der Waals surface area (Å²) in [5, 5.41) is 16.7. The van der Waals surface area contributed by atoms with Crippen LogP contribution in [0.4, 0.5) is 5.95 Å². The van der Waals surface area contributed by atoms with E-state index in [1.54, 1.807) is 6.20 Å². The minimum Gasteiger partial charge on any atom is -0.480 e. The summed E-state index contributed by atoms with van der Waals surface area (Å²) in [6, 6.07) is 12.0. The van der Waals surface area contributed by atoms with Crippen molar-refractivity contribution < 1.29 is 14.7 Å². The van der Waals surface area contributed by atoms with E-state index in [2.05, 4.69) is 20.6 Å². The van der Waals surface area contributed by atoms with Crippen molar-refractivity contribution in [2.24, 2.45) is 0 Å². The number of carbonyl (C=O) groups is 2. The van der Waals surface area contributed by atoms with Gasteiger partial charge in [0.05, 0.1) is 5.52 Å². The Balaban J connectivity index is 1.43. The van der Waals surface area contributed by atoms with Gasteiger partial charge in [0, 0.05) is 23.2 Å². The maximum Gasteiger partial charge on any atom is 0.329 e. The fraction of sp³-hybridized carbons (Fsp3) is 0.360. The number of aromatic nitrogens is 2. The lowest BCUT2D eigenvalue weighted by Gasteiger charge is -2.25. The lowest BCUT2D eigenvalue weighted by Crippen LogP contribution is -2.44. The van der Waals surface area contributed by atoms with Crippen LogP contribution in [0.2, 0.25) is 0 Å². The molecule has 164 valence electrons. The van der Waals surface area contributed by atoms with Crippen LogP contribution in [-0.2, 0) is 4.79 Å². The number of fused-ring (bicyclic) bond motifs is 1. The Bertz CT molecular complexity index is 1210. The van der Waals surface area contributed by atoms with Gasteiger partial charge in [0.15, 0.2) is 0 Å². The first-order chi connectivity index (χ1) is 15.4. The molecule has 0 spiro atoms. The maximum absolute atomic E-state index is 12.5. The third-order valence-corrected chi connectivity index (χ3v) is 6.52. The van der Waals surface area contributed by atoms with Gasteiger partial charge < -0.3 is 15.7 Å². The number of carboxylic acids is 1. The zero-order valence-corrected chi connectivity index (χ0v) is 18.0. The van der Waals surface area contributed by atoms with Gasteiger partial charge in [-0.2, -0.15) is 0 Å². The quantitative estimate of drug-likeness (QED) is 0.538. The average Bonchev–Trinajstić information content (AvgIpc) is 3.47. The van der Waals surface area contributed by atoms with E-state index in [4.69, 9.17) is 0 Å². The molecular weight excluding hydrogens is 404 g/mol. The van der Waals surface area contributed by atoms with Crippen molar-refractivity contribution >= 4 is 28.7 Å². The summed E-state index contributed by atoms with van der Waals surface area (Å²) in [6.07, 6.45) is 6.75. The topological polar surface area (TPSA) is 104 Å². The van der Waals surface area contributed by atoms with E-state index in [1.165, 1.54) is 0 Å². The molecule has 32 heavy (non-hydrogen) atoms. The molecule has 1 amide bonds. The predicted molar refractivity (Wildman–Crippen MR) is 123 cm³/mol. The van der Waals surface area contributed by atoms with E-state index in [0.29, 0.717) is 30.4 Å². The molecule has 0 aliphatic heterocycles. The zero-order chi connectivity index (χ0) is 22.3. The van der Waals surface area contributed by atoms with E-state index in [9.17, 15) is 14.7 Å². The Hall–Kier alpha value is -3.48. The second kappa shape index (κ2) is 7.89. The molecule has 2 aliphatic carbocycles. The summed E-state index contributed by atoms with van der Waals surface area (Å²) in [5.41, 5.74) is 3.48. The number of aryl methyl sites for hydroxylation is 1. The fourth-order valence-electron chi connectivity index (χ4n) is 4.42. The van der Waals surface area contributed by atoms with Crippen molar-refractivity contribution in [1.82, 2.24) is 15.3 Å². The summed E-state index contributed by atoms with van der Waals surface area (Å²) < 4.78 is 0. The molecule has 5 rings (SSSR count). The van der Waals surface area contributed by atoms with Gasteiger partial charge in [-0.25, -0.2) is 14.8 Å². The molecule has 0 unspecified atom stereocenters. The van der Waals surface area contributed by atoms with Gasteiger partial charge in [-0.15, -0.1) is 0 Å². The predicted octanol–water partition coefficient (Wildman–Crippen LogP) is 4.31. The van der Waals surface area contributed by atoms with Crippen molar-refractivity contribution in [3.63, 3.8) is 0 Å². The van der Waals surface area contributed by atoms with Crippen LogP contribution >= 0.6 is 0 Å². The maximum atomic E-state index is 12.5. The average molecular weight is 431 g/mol. The highest BCUT2D eigenvalue weighted by Gasteiger charge is 2.42. The van der Waals surface area contributed by atoms with Crippen molar-refractivity contribution in [1.29, 1.82) is 0 Å². The summed E-state index contributed by atoms with van der Waals surface area (Å²) in [5.74, 6) is -0.549. The number of rotatable bonds is 6. The van der Waals surface area contributed by atoms with Crippen LogP contribution in [-0.4, -0.2) is 38.5 Å². The molecule has 0 atom stereocenters. The molecule has 1 aromatic heterocycles. The summed E-state index contributed by atoms with van der Waals surface area (Å²) in [4.78, 5) is 33.2. The van der Waals surface area contributed by atoms with Gasteiger partial charge in [0.1, 0.15) is 5.54 Å². The molecule has 7 nitrogen and oxygen atoms in total. The number of nitrogens with one attached hydrogen (secondary N) is 2. The summed E-state index contributed by atoms with van der Waals surface area (Å²) in [7, 11) is 0. The van der Waals surface area contributed by atoms with Crippen molar-refractivity contribution in [2.75, 3.05) is 5.32 Å². The van der Waals surface area contributed by atoms with Gasteiger partial charge in [0.2, 0.25) is 5.95 Å².